The first-order valence-corrected chi connectivity index (χ1v) is 8.51. The number of hydrogen-bond acceptors (Lipinski definition) is 4. The molecule has 1 aliphatic heterocycles. The van der Waals surface area contributed by atoms with Gasteiger partial charge in [0, 0.05) is 19.1 Å². The maximum atomic E-state index is 12.6. The fourth-order valence-corrected chi connectivity index (χ4v) is 3.27. The van der Waals surface area contributed by atoms with Crippen LogP contribution in [-0.2, 0) is 0 Å². The average Bonchev–Trinajstić information content (AvgIpc) is 3.14. The molecule has 2 aromatic rings. The molecule has 1 aromatic heterocycles. The highest BCUT2D eigenvalue weighted by molar-refractivity contribution is 6.33. The van der Waals surface area contributed by atoms with Crippen LogP contribution in [0.3, 0.4) is 0 Å². The van der Waals surface area contributed by atoms with Gasteiger partial charge in [0.2, 0.25) is 0 Å². The topological polar surface area (TPSA) is 65.7 Å². The van der Waals surface area contributed by atoms with Crippen molar-refractivity contribution in [3.63, 3.8) is 0 Å². The Labute approximate surface area is 146 Å². The minimum atomic E-state index is -0.212. The fourth-order valence-electron chi connectivity index (χ4n) is 3.05. The maximum absolute atomic E-state index is 12.6. The number of aliphatic hydroxyl groups excluding tert-OH is 1. The number of likely N-dealkylation sites (tertiary alicyclic amines) is 1. The number of amides is 1. The molecule has 0 aliphatic carbocycles. The second-order valence-electron chi connectivity index (χ2n) is 5.96. The van der Waals surface area contributed by atoms with Crippen molar-refractivity contribution in [1.29, 1.82) is 0 Å². The van der Waals surface area contributed by atoms with Gasteiger partial charge in [-0.1, -0.05) is 23.7 Å². The molecule has 5 nitrogen and oxygen atoms in total. The number of carbonyl (C=O) groups is 1. The third kappa shape index (κ3) is 3.80. The van der Waals surface area contributed by atoms with Crippen LogP contribution in [0.1, 0.15) is 35.0 Å². The fraction of sp³-hybridized carbons (Fsp3) is 0.389. The van der Waals surface area contributed by atoms with Crippen LogP contribution in [0.5, 0.6) is 0 Å². The van der Waals surface area contributed by atoms with Crippen LogP contribution in [-0.4, -0.2) is 41.7 Å². The van der Waals surface area contributed by atoms with Crippen molar-refractivity contribution in [2.75, 3.05) is 19.7 Å². The zero-order valence-corrected chi connectivity index (χ0v) is 14.1. The molecular formula is C18H21ClN2O3. The summed E-state index contributed by atoms with van der Waals surface area (Å²) in [7, 11) is 0. The summed E-state index contributed by atoms with van der Waals surface area (Å²) in [6.45, 7) is 1.31. The van der Waals surface area contributed by atoms with Crippen molar-refractivity contribution in [3.8, 4) is 0 Å². The lowest BCUT2D eigenvalue weighted by molar-refractivity contribution is 0.0695. The van der Waals surface area contributed by atoms with E-state index in [1.54, 1.807) is 18.4 Å². The number of halogens is 1. The van der Waals surface area contributed by atoms with Gasteiger partial charge in [-0.05, 0) is 37.1 Å². The number of hydrogen-bond donors (Lipinski definition) is 2. The minimum absolute atomic E-state index is 0.0215. The summed E-state index contributed by atoms with van der Waals surface area (Å²) < 4.78 is 5.36. The number of aliphatic hydroxyl groups is 1. The van der Waals surface area contributed by atoms with Crippen LogP contribution in [0.4, 0.5) is 0 Å². The van der Waals surface area contributed by atoms with E-state index in [9.17, 15) is 9.90 Å². The molecule has 2 N–H and O–H groups in total. The molecule has 1 fully saturated rings. The molecule has 1 unspecified atom stereocenters. The molecule has 1 saturated heterocycles. The lowest BCUT2D eigenvalue weighted by atomic mass is 10.0. The minimum Gasteiger partial charge on any atom is -0.468 e. The Hall–Kier alpha value is -1.82. The Morgan fingerprint density at radius 3 is 2.67 bits per heavy atom. The zero-order chi connectivity index (χ0) is 16.9. The summed E-state index contributed by atoms with van der Waals surface area (Å²) >= 11 is 6.11. The first kappa shape index (κ1) is 17.0. The number of nitrogens with zero attached hydrogens (tertiary/aromatic N) is 1. The van der Waals surface area contributed by atoms with E-state index < -0.39 is 0 Å². The second kappa shape index (κ2) is 7.83. The smallest absolute Gasteiger partial charge is 0.255 e. The van der Waals surface area contributed by atoms with E-state index in [0.717, 1.165) is 18.6 Å². The highest BCUT2D eigenvalue weighted by atomic mass is 35.5. The number of nitrogens with one attached hydrogen (secondary N) is 1. The monoisotopic (exact) mass is 348 g/mol. The number of benzene rings is 1. The van der Waals surface area contributed by atoms with E-state index in [0.29, 0.717) is 23.7 Å². The van der Waals surface area contributed by atoms with E-state index in [1.165, 1.54) is 0 Å². The summed E-state index contributed by atoms with van der Waals surface area (Å²) in [6, 6.07) is 10.8. The van der Waals surface area contributed by atoms with Crippen molar-refractivity contribution >= 4 is 17.5 Å². The molecule has 1 aromatic carbocycles. The van der Waals surface area contributed by atoms with Gasteiger partial charge in [0.15, 0.2) is 0 Å². The summed E-state index contributed by atoms with van der Waals surface area (Å²) in [6.07, 6.45) is 3.26. The van der Waals surface area contributed by atoms with Gasteiger partial charge in [-0.15, -0.1) is 0 Å². The van der Waals surface area contributed by atoms with E-state index >= 15 is 0 Å². The quantitative estimate of drug-likeness (QED) is 0.872. The summed E-state index contributed by atoms with van der Waals surface area (Å²) in [5, 5.41) is 13.4. The number of piperidine rings is 1. The lowest BCUT2D eigenvalue weighted by Gasteiger charge is -2.34. The van der Waals surface area contributed by atoms with Gasteiger partial charge in [0.1, 0.15) is 5.76 Å². The van der Waals surface area contributed by atoms with Crippen molar-refractivity contribution in [2.45, 2.75) is 24.9 Å². The van der Waals surface area contributed by atoms with E-state index in [4.69, 9.17) is 16.0 Å². The largest absolute Gasteiger partial charge is 0.468 e. The Morgan fingerprint density at radius 2 is 2.04 bits per heavy atom. The van der Waals surface area contributed by atoms with Gasteiger partial charge in [0.25, 0.3) is 5.91 Å². The van der Waals surface area contributed by atoms with Gasteiger partial charge in [0.05, 0.1) is 29.5 Å². The third-order valence-electron chi connectivity index (χ3n) is 4.39. The number of rotatable bonds is 5. The van der Waals surface area contributed by atoms with Crippen molar-refractivity contribution in [3.05, 3.63) is 59.0 Å². The molecule has 0 saturated carbocycles. The molecule has 1 atom stereocenters. The van der Waals surface area contributed by atoms with Gasteiger partial charge in [-0.25, -0.2) is 0 Å². The molecular weight excluding hydrogens is 328 g/mol. The second-order valence-corrected chi connectivity index (χ2v) is 6.37. The van der Waals surface area contributed by atoms with Gasteiger partial charge in [-0.2, -0.15) is 0 Å². The maximum Gasteiger partial charge on any atom is 0.255 e. The van der Waals surface area contributed by atoms with Crippen molar-refractivity contribution < 1.29 is 14.3 Å². The molecule has 2 heterocycles. The number of carbonyl (C=O) groups excluding carboxylic acids is 1. The first-order valence-electron chi connectivity index (χ1n) is 8.13. The Bertz CT molecular complexity index is 667. The van der Waals surface area contributed by atoms with Crippen LogP contribution in [0.15, 0.2) is 47.1 Å². The highest BCUT2D eigenvalue weighted by Crippen LogP contribution is 2.21. The molecule has 0 bridgehead atoms. The SMILES string of the molecule is O=C(c1ccccc1Cl)N1CCC(NC(CO)c2ccco2)CC1. The molecule has 3 rings (SSSR count). The van der Waals surface area contributed by atoms with Crippen LogP contribution in [0, 0.1) is 0 Å². The number of furan rings is 1. The summed E-state index contributed by atoms with van der Waals surface area (Å²) in [5.74, 6) is 0.705. The van der Waals surface area contributed by atoms with Crippen LogP contribution >= 0.6 is 11.6 Å². The van der Waals surface area contributed by atoms with E-state index in [2.05, 4.69) is 5.32 Å². The van der Waals surface area contributed by atoms with Gasteiger partial charge in [-0.3, -0.25) is 4.79 Å². The predicted molar refractivity (Wildman–Crippen MR) is 92.0 cm³/mol. The summed E-state index contributed by atoms with van der Waals surface area (Å²) in [5.41, 5.74) is 0.550. The standard InChI is InChI=1S/C18H21ClN2O3/c19-15-5-2-1-4-14(15)18(23)21-9-7-13(8-10-21)20-16(12-22)17-6-3-11-24-17/h1-6,11,13,16,20,22H,7-10,12H2. The molecule has 0 spiro atoms. The molecule has 1 aliphatic rings. The van der Waals surface area contributed by atoms with Crippen LogP contribution in [0.25, 0.3) is 0 Å². The van der Waals surface area contributed by atoms with Gasteiger partial charge < -0.3 is 19.7 Å². The normalized spacial score (nSPS) is 17.0. The van der Waals surface area contributed by atoms with Gasteiger partial charge >= 0.3 is 0 Å². The third-order valence-corrected chi connectivity index (χ3v) is 4.72. The predicted octanol–water partition coefficient (Wildman–Crippen LogP) is 2.86. The average molecular weight is 349 g/mol. The molecule has 128 valence electrons. The highest BCUT2D eigenvalue weighted by Gasteiger charge is 2.26. The Morgan fingerprint density at radius 1 is 1.29 bits per heavy atom. The van der Waals surface area contributed by atoms with Crippen molar-refractivity contribution in [1.82, 2.24) is 10.2 Å². The molecule has 0 radical (unpaired) electrons. The molecule has 24 heavy (non-hydrogen) atoms. The molecule has 1 amide bonds. The Balaban J connectivity index is 1.56. The van der Waals surface area contributed by atoms with Crippen LogP contribution < -0.4 is 5.32 Å². The molecule has 6 heteroatoms. The van der Waals surface area contributed by atoms with Crippen LogP contribution in [0.2, 0.25) is 5.02 Å². The lowest BCUT2D eigenvalue weighted by Crippen LogP contribution is -2.46. The van der Waals surface area contributed by atoms with E-state index in [-0.39, 0.29) is 24.6 Å². The zero-order valence-electron chi connectivity index (χ0n) is 13.3. The Kier molecular flexibility index (Phi) is 5.56. The summed E-state index contributed by atoms with van der Waals surface area (Å²) in [4.78, 5) is 14.4. The van der Waals surface area contributed by atoms with E-state index in [1.807, 2.05) is 29.2 Å². The first-order chi connectivity index (χ1) is 11.7. The van der Waals surface area contributed by atoms with Crippen molar-refractivity contribution in [2.24, 2.45) is 0 Å².